The molecule has 0 saturated heterocycles. The molecule has 0 aliphatic heterocycles. The lowest BCUT2D eigenvalue weighted by Gasteiger charge is -2.62. The van der Waals surface area contributed by atoms with E-state index >= 15 is 4.39 Å². The Morgan fingerprint density at radius 3 is 2.50 bits per heavy atom. The van der Waals surface area contributed by atoms with Crippen LogP contribution < -0.4 is 5.32 Å². The van der Waals surface area contributed by atoms with Crippen molar-refractivity contribution in [1.29, 1.82) is 0 Å². The highest BCUT2D eigenvalue weighted by Crippen LogP contribution is 2.70. The molecule has 3 saturated carbocycles. The van der Waals surface area contributed by atoms with Gasteiger partial charge < -0.3 is 30.1 Å². The first-order chi connectivity index (χ1) is 22.4. The Hall–Kier alpha value is -3.28. The van der Waals surface area contributed by atoms with Crippen LogP contribution in [0.5, 0.6) is 0 Å². The van der Waals surface area contributed by atoms with E-state index in [1.54, 1.807) is 20.8 Å². The molecule has 0 aromatic rings. The number of fused-ring (bicyclic) bond motifs is 5. The molecule has 48 heavy (non-hydrogen) atoms. The van der Waals surface area contributed by atoms with Gasteiger partial charge in [0, 0.05) is 23.2 Å². The number of carbonyl (C=O) groups is 5. The zero-order valence-electron chi connectivity index (χ0n) is 27.2. The summed E-state index contributed by atoms with van der Waals surface area (Å²) in [6.45, 7) is 3.19. The van der Waals surface area contributed by atoms with Crippen LogP contribution in [0.2, 0.25) is 0 Å². The summed E-state index contributed by atoms with van der Waals surface area (Å²) >= 11 is 0. The zero-order chi connectivity index (χ0) is 35.7. The first kappa shape index (κ1) is 37.5. The average Bonchev–Trinajstić information content (AvgIpc) is 3.21. The molecular formula is C32H45FN2O13. The van der Waals surface area contributed by atoms with E-state index in [0.29, 0.717) is 37.7 Å². The maximum Gasteiger partial charge on any atom is 0.508 e. The summed E-state index contributed by atoms with van der Waals surface area (Å²) in [5, 5.41) is 51.6. The smallest absolute Gasteiger partial charge is 0.480 e. The van der Waals surface area contributed by atoms with Gasteiger partial charge >= 0.3 is 12.1 Å². The molecule has 0 heterocycles. The molecular weight excluding hydrogens is 639 g/mol. The van der Waals surface area contributed by atoms with Gasteiger partial charge in [0.1, 0.15) is 12.2 Å². The first-order valence-corrected chi connectivity index (χ1v) is 16.1. The lowest BCUT2D eigenvalue weighted by Crippen LogP contribution is -2.69. The number of carboxylic acids is 1. The number of carbonyl (C=O) groups excluding carboxylic acids is 4. The molecule has 1 unspecified atom stereocenters. The summed E-state index contributed by atoms with van der Waals surface area (Å²) in [6.07, 6.45) is 3.12. The number of amides is 1. The molecule has 6 N–H and O–H groups in total. The summed E-state index contributed by atoms with van der Waals surface area (Å²) in [5.74, 6) is -5.20. The predicted octanol–water partition coefficient (Wildman–Crippen LogP) is 2.20. The van der Waals surface area contributed by atoms with Crippen LogP contribution in [0.3, 0.4) is 0 Å². The highest BCUT2D eigenvalue weighted by atomic mass is 19.1. The fourth-order valence-corrected chi connectivity index (χ4v) is 8.72. The molecule has 4 aliphatic carbocycles. The van der Waals surface area contributed by atoms with Crippen molar-refractivity contribution in [2.24, 2.45) is 28.6 Å². The van der Waals surface area contributed by atoms with Gasteiger partial charge in [-0.15, -0.1) is 0 Å². The Morgan fingerprint density at radius 1 is 1.12 bits per heavy atom. The number of hydrogen-bond acceptors (Lipinski definition) is 13. The van der Waals surface area contributed by atoms with Crippen molar-refractivity contribution in [3.05, 3.63) is 23.8 Å². The van der Waals surface area contributed by atoms with Gasteiger partial charge in [-0.05, 0) is 69.4 Å². The molecule has 0 bridgehead atoms. The number of alkyl halides is 1. The van der Waals surface area contributed by atoms with Crippen LogP contribution in [0.15, 0.2) is 23.8 Å². The van der Waals surface area contributed by atoms with Crippen LogP contribution in [0.25, 0.3) is 0 Å². The van der Waals surface area contributed by atoms with E-state index in [4.69, 9.17) is 19.9 Å². The van der Waals surface area contributed by atoms with E-state index in [0.717, 1.165) is 0 Å². The molecule has 0 spiro atoms. The number of ether oxygens (including phenoxy) is 2. The molecule has 0 radical (unpaired) electrons. The minimum atomic E-state index is -2.15. The summed E-state index contributed by atoms with van der Waals surface area (Å²) in [5.41, 5.74) is -6.17. The van der Waals surface area contributed by atoms with Crippen LogP contribution in [0, 0.1) is 28.6 Å². The largest absolute Gasteiger partial charge is 0.508 e. The quantitative estimate of drug-likeness (QED) is 0.0876. The summed E-state index contributed by atoms with van der Waals surface area (Å²) < 4.78 is 27.1. The number of aliphatic hydroxyl groups excluding tert-OH is 1. The van der Waals surface area contributed by atoms with Crippen molar-refractivity contribution < 1.29 is 68.4 Å². The number of nitrogens with zero attached hydrogens (tertiary/aromatic N) is 1. The number of ketones is 2. The van der Waals surface area contributed by atoms with Crippen LogP contribution in [-0.2, 0) is 33.5 Å². The second kappa shape index (κ2) is 14.3. The normalized spacial score (nSPS) is 35.9. The maximum absolute atomic E-state index is 17.3. The Morgan fingerprint density at radius 2 is 1.83 bits per heavy atom. The third-order valence-electron chi connectivity index (χ3n) is 11.2. The predicted molar refractivity (Wildman–Crippen MR) is 160 cm³/mol. The topological polar surface area (TPSA) is 229 Å². The second-order valence-corrected chi connectivity index (χ2v) is 13.8. The standard InChI is InChI=1S/C32H45FN2O13/c1-18-13-22-21-9-8-19-14-20(36)10-11-29(19,2)31(21,33)24(37)15-30(22,3)32(18,43)25(38)17-47-28(42)46-16-23(27(40)41)34-26(39)7-5-4-6-12-48-35(44)45/h10-11,14,18,21-24,37,43-45H,4-9,12-13,15-17H2,1-3H3,(H,34,39)(H,40,41)/t18-,21+,22+,23?,24+,29+,30+,31+,32+/m1/s1. The van der Waals surface area contributed by atoms with E-state index < -0.39 is 94.4 Å². The molecule has 4 rings (SSSR count). The fourth-order valence-electron chi connectivity index (χ4n) is 8.72. The number of halogens is 1. The van der Waals surface area contributed by atoms with Crippen molar-refractivity contribution in [2.75, 3.05) is 19.8 Å². The number of Topliss-reactive ketones (excluding diaryl/α,β-unsaturated/α-hetero) is 1. The van der Waals surface area contributed by atoms with Gasteiger partial charge in [-0.3, -0.25) is 29.6 Å². The molecule has 0 aromatic heterocycles. The molecule has 9 atom stereocenters. The number of aliphatic carboxylic acids is 1. The number of nitrogens with one attached hydrogen (secondary N) is 1. The average molecular weight is 685 g/mol. The lowest BCUT2D eigenvalue weighted by atomic mass is 9.44. The molecule has 4 aliphatic rings. The summed E-state index contributed by atoms with van der Waals surface area (Å²) in [6, 6.07) is -1.62. The van der Waals surface area contributed by atoms with E-state index in [-0.39, 0.29) is 31.7 Å². The SMILES string of the molecule is C[C@@H]1C[C@H]2[C@@H]3CCC4=CC(=O)C=C[C@]4(C)[C@@]3(F)[C@@H](O)C[C@]2(C)[C@@]1(O)C(=O)COC(=O)OCC(NC(=O)CCCCCON(O)O)C(=O)O. The van der Waals surface area contributed by atoms with Crippen LogP contribution in [0.1, 0.15) is 72.1 Å². The Labute approximate surface area is 276 Å². The minimum absolute atomic E-state index is 0.0122. The van der Waals surface area contributed by atoms with Crippen molar-refractivity contribution in [3.63, 3.8) is 0 Å². The van der Waals surface area contributed by atoms with Gasteiger partial charge in [-0.25, -0.2) is 14.0 Å². The molecule has 0 aromatic carbocycles. The number of unbranched alkanes of at least 4 members (excludes halogenated alkanes) is 2. The van der Waals surface area contributed by atoms with Gasteiger partial charge in [0.15, 0.2) is 24.1 Å². The van der Waals surface area contributed by atoms with Crippen molar-refractivity contribution in [2.45, 2.75) is 95.6 Å². The molecule has 16 heteroatoms. The van der Waals surface area contributed by atoms with E-state index in [1.807, 2.05) is 0 Å². The number of rotatable bonds is 14. The van der Waals surface area contributed by atoms with Crippen molar-refractivity contribution >= 4 is 29.6 Å². The van der Waals surface area contributed by atoms with Crippen molar-refractivity contribution in [1.82, 2.24) is 10.7 Å². The zero-order valence-corrected chi connectivity index (χ0v) is 27.2. The summed E-state index contributed by atoms with van der Waals surface area (Å²) in [4.78, 5) is 66.2. The highest BCUT2D eigenvalue weighted by molar-refractivity contribution is 6.01. The Kier molecular flexibility index (Phi) is 11.2. The Bertz CT molecular complexity index is 1350. The van der Waals surface area contributed by atoms with E-state index in [2.05, 4.69) is 10.2 Å². The molecule has 15 nitrogen and oxygen atoms in total. The molecule has 1 amide bonds. The van der Waals surface area contributed by atoms with Crippen LogP contribution in [0.4, 0.5) is 9.18 Å². The fraction of sp³-hybridized carbons (Fsp3) is 0.719. The number of carboxylic acid groups (broad SMARTS) is 1. The highest BCUT2D eigenvalue weighted by Gasteiger charge is 2.75. The minimum Gasteiger partial charge on any atom is -0.480 e. The lowest BCUT2D eigenvalue weighted by molar-refractivity contribution is -0.492. The van der Waals surface area contributed by atoms with Crippen LogP contribution >= 0.6 is 0 Å². The summed E-state index contributed by atoms with van der Waals surface area (Å²) in [7, 11) is 0. The first-order valence-electron chi connectivity index (χ1n) is 16.1. The van der Waals surface area contributed by atoms with Crippen LogP contribution in [-0.4, -0.2) is 104 Å². The number of aliphatic hydroxyl groups is 2. The third-order valence-corrected chi connectivity index (χ3v) is 11.2. The van der Waals surface area contributed by atoms with Crippen molar-refractivity contribution in [3.8, 4) is 0 Å². The molecule has 3 fully saturated rings. The second-order valence-electron chi connectivity index (χ2n) is 13.8. The van der Waals surface area contributed by atoms with Gasteiger partial charge in [-0.1, -0.05) is 31.9 Å². The maximum atomic E-state index is 17.3. The van der Waals surface area contributed by atoms with Gasteiger partial charge in [0.05, 0.1) is 18.1 Å². The Balaban J connectivity index is 1.34. The van der Waals surface area contributed by atoms with Gasteiger partial charge in [0.2, 0.25) is 11.7 Å². The monoisotopic (exact) mass is 684 g/mol. The van der Waals surface area contributed by atoms with Gasteiger partial charge in [-0.2, -0.15) is 0 Å². The van der Waals surface area contributed by atoms with E-state index in [9.17, 15) is 39.3 Å². The molecule has 268 valence electrons. The third kappa shape index (κ3) is 6.65. The number of hydrogen-bond donors (Lipinski definition) is 6. The van der Waals surface area contributed by atoms with Gasteiger partial charge in [0.25, 0.3) is 0 Å². The number of allylic oxidation sites excluding steroid dienone is 4. The van der Waals surface area contributed by atoms with E-state index in [1.165, 1.54) is 18.2 Å².